The predicted octanol–water partition coefficient (Wildman–Crippen LogP) is 4.12. The van der Waals surface area contributed by atoms with Crippen molar-refractivity contribution in [2.24, 2.45) is 0 Å². The minimum absolute atomic E-state index is 0.496. The Morgan fingerprint density at radius 3 is 2.68 bits per heavy atom. The molecule has 0 bridgehead atoms. The Bertz CT molecular complexity index is 1340. The molecule has 0 aliphatic heterocycles. The molecule has 3 aromatic heterocycles. The molecule has 8 heteroatoms. The molecule has 0 atom stereocenters. The van der Waals surface area contributed by atoms with Crippen LogP contribution < -0.4 is 10.1 Å². The van der Waals surface area contributed by atoms with Crippen molar-refractivity contribution in [1.29, 1.82) is 0 Å². The van der Waals surface area contributed by atoms with Crippen LogP contribution in [0.3, 0.4) is 0 Å². The van der Waals surface area contributed by atoms with Gasteiger partial charge in [-0.25, -0.2) is 14.6 Å². The van der Waals surface area contributed by atoms with Crippen LogP contribution in [0.4, 0.5) is 11.6 Å². The van der Waals surface area contributed by atoms with Gasteiger partial charge in [-0.15, -0.1) is 0 Å². The molecule has 1 N–H and O–H groups in total. The van der Waals surface area contributed by atoms with E-state index in [4.69, 9.17) is 4.74 Å². The summed E-state index contributed by atoms with van der Waals surface area (Å²) in [5, 5.41) is 8.63. The zero-order chi connectivity index (χ0) is 21.2. The fourth-order valence-electron chi connectivity index (χ4n) is 3.45. The van der Waals surface area contributed by atoms with Gasteiger partial charge >= 0.3 is 0 Å². The number of aryl methyl sites for hydroxylation is 1. The normalized spacial score (nSPS) is 11.0. The second-order valence-electron chi connectivity index (χ2n) is 7.19. The summed E-state index contributed by atoms with van der Waals surface area (Å²) in [6.07, 6.45) is 7.28. The highest BCUT2D eigenvalue weighted by Gasteiger charge is 2.10. The van der Waals surface area contributed by atoms with Crippen molar-refractivity contribution in [2.45, 2.75) is 13.5 Å². The lowest BCUT2D eigenvalue weighted by Crippen LogP contribution is -2.04. The molecule has 0 saturated carbocycles. The quantitative estimate of drug-likeness (QED) is 0.453. The van der Waals surface area contributed by atoms with Crippen molar-refractivity contribution in [2.75, 3.05) is 12.4 Å². The van der Waals surface area contributed by atoms with Gasteiger partial charge in [-0.05, 0) is 24.6 Å². The van der Waals surface area contributed by atoms with E-state index in [2.05, 4.69) is 37.5 Å². The van der Waals surface area contributed by atoms with E-state index in [9.17, 15) is 0 Å². The van der Waals surface area contributed by atoms with Crippen molar-refractivity contribution >= 4 is 22.7 Å². The molecule has 0 radical (unpaired) electrons. The molecule has 5 aromatic rings. The van der Waals surface area contributed by atoms with Crippen LogP contribution in [-0.2, 0) is 6.54 Å². The van der Waals surface area contributed by atoms with E-state index < -0.39 is 0 Å². The summed E-state index contributed by atoms with van der Waals surface area (Å²) in [7, 11) is 1.65. The van der Waals surface area contributed by atoms with E-state index in [1.54, 1.807) is 25.8 Å². The molecular formula is C23H21N7O. The standard InChI is InChI=1S/C23H21N7O/c1-16-13-29(15-25-16)20-9-8-19(10-21(20)31-2)27-23-24-11-18-12-26-30(22(18)28-23)14-17-6-4-3-5-7-17/h3-13,15H,14H2,1-2H3,(H,24,27,28). The number of imidazole rings is 1. The first-order chi connectivity index (χ1) is 15.2. The van der Waals surface area contributed by atoms with Crippen molar-refractivity contribution in [3.63, 3.8) is 0 Å². The molecule has 8 nitrogen and oxygen atoms in total. The maximum absolute atomic E-state index is 5.59. The average molecular weight is 411 g/mol. The summed E-state index contributed by atoms with van der Waals surface area (Å²) in [5.41, 5.74) is 4.62. The van der Waals surface area contributed by atoms with Gasteiger partial charge in [0.2, 0.25) is 5.95 Å². The monoisotopic (exact) mass is 411 g/mol. The zero-order valence-corrected chi connectivity index (χ0v) is 17.2. The number of anilines is 2. The smallest absolute Gasteiger partial charge is 0.229 e. The van der Waals surface area contributed by atoms with Crippen molar-refractivity contribution in [1.82, 2.24) is 29.3 Å². The summed E-state index contributed by atoms with van der Waals surface area (Å²) >= 11 is 0. The third-order valence-corrected chi connectivity index (χ3v) is 4.98. The van der Waals surface area contributed by atoms with Crippen LogP contribution in [0.15, 0.2) is 73.4 Å². The lowest BCUT2D eigenvalue weighted by atomic mass is 10.2. The Hall–Kier alpha value is -4.20. The number of hydrogen-bond donors (Lipinski definition) is 1. The van der Waals surface area contributed by atoms with E-state index in [-0.39, 0.29) is 0 Å². The van der Waals surface area contributed by atoms with Gasteiger partial charge < -0.3 is 14.6 Å². The Morgan fingerprint density at radius 2 is 1.90 bits per heavy atom. The topological polar surface area (TPSA) is 82.7 Å². The second kappa shape index (κ2) is 7.91. The zero-order valence-electron chi connectivity index (χ0n) is 17.2. The van der Waals surface area contributed by atoms with Crippen LogP contribution in [0.5, 0.6) is 5.75 Å². The lowest BCUT2D eigenvalue weighted by molar-refractivity contribution is 0.413. The molecule has 0 fully saturated rings. The highest BCUT2D eigenvalue weighted by molar-refractivity contribution is 5.75. The van der Waals surface area contributed by atoms with Crippen LogP contribution in [0.25, 0.3) is 16.7 Å². The van der Waals surface area contributed by atoms with Gasteiger partial charge in [0.05, 0.1) is 42.9 Å². The first-order valence-corrected chi connectivity index (χ1v) is 9.88. The minimum atomic E-state index is 0.496. The number of hydrogen-bond acceptors (Lipinski definition) is 6. The molecule has 31 heavy (non-hydrogen) atoms. The van der Waals surface area contributed by atoms with E-state index >= 15 is 0 Å². The molecule has 0 amide bonds. The first-order valence-electron chi connectivity index (χ1n) is 9.88. The molecule has 0 spiro atoms. The van der Waals surface area contributed by atoms with Gasteiger partial charge in [0.25, 0.3) is 0 Å². The molecular weight excluding hydrogens is 390 g/mol. The van der Waals surface area contributed by atoms with Crippen molar-refractivity contribution in [3.8, 4) is 11.4 Å². The number of fused-ring (bicyclic) bond motifs is 1. The number of methoxy groups -OCH3 is 1. The highest BCUT2D eigenvalue weighted by Crippen LogP contribution is 2.28. The maximum Gasteiger partial charge on any atom is 0.229 e. The largest absolute Gasteiger partial charge is 0.494 e. The summed E-state index contributed by atoms with van der Waals surface area (Å²) < 4.78 is 9.40. The number of rotatable bonds is 6. The number of aromatic nitrogens is 6. The lowest BCUT2D eigenvalue weighted by Gasteiger charge is -2.12. The molecule has 154 valence electrons. The minimum Gasteiger partial charge on any atom is -0.494 e. The van der Waals surface area contributed by atoms with Crippen LogP contribution in [0.1, 0.15) is 11.3 Å². The molecule has 0 unspecified atom stereocenters. The number of nitrogens with one attached hydrogen (secondary N) is 1. The highest BCUT2D eigenvalue weighted by atomic mass is 16.5. The summed E-state index contributed by atoms with van der Waals surface area (Å²) in [4.78, 5) is 13.4. The molecule has 0 aliphatic rings. The molecule has 0 aliphatic carbocycles. The van der Waals surface area contributed by atoms with Crippen LogP contribution in [0.2, 0.25) is 0 Å². The summed E-state index contributed by atoms with van der Waals surface area (Å²) in [5.74, 6) is 1.22. The summed E-state index contributed by atoms with van der Waals surface area (Å²) in [6, 6.07) is 16.0. The van der Waals surface area contributed by atoms with Gasteiger partial charge in [-0.3, -0.25) is 0 Å². The predicted molar refractivity (Wildman–Crippen MR) is 119 cm³/mol. The van der Waals surface area contributed by atoms with Gasteiger partial charge in [-0.2, -0.15) is 10.1 Å². The van der Waals surface area contributed by atoms with Gasteiger partial charge in [0, 0.05) is 24.1 Å². The first kappa shape index (κ1) is 18.8. The number of nitrogens with zero attached hydrogens (tertiary/aromatic N) is 6. The van der Waals surface area contributed by atoms with Crippen LogP contribution in [0, 0.1) is 6.92 Å². The van der Waals surface area contributed by atoms with E-state index in [0.29, 0.717) is 12.5 Å². The Balaban J connectivity index is 1.43. The van der Waals surface area contributed by atoms with E-state index in [0.717, 1.165) is 39.4 Å². The van der Waals surface area contributed by atoms with E-state index in [1.165, 1.54) is 0 Å². The molecule has 3 heterocycles. The SMILES string of the molecule is COc1cc(Nc2ncc3cnn(Cc4ccccc4)c3n2)ccc1-n1cnc(C)c1. The van der Waals surface area contributed by atoms with Crippen LogP contribution in [-0.4, -0.2) is 36.4 Å². The van der Waals surface area contributed by atoms with Gasteiger partial charge in [-0.1, -0.05) is 30.3 Å². The fourth-order valence-corrected chi connectivity index (χ4v) is 3.45. The Morgan fingerprint density at radius 1 is 1.03 bits per heavy atom. The van der Waals surface area contributed by atoms with Crippen molar-refractivity contribution in [3.05, 3.63) is 84.7 Å². The second-order valence-corrected chi connectivity index (χ2v) is 7.19. The Labute approximate surface area is 179 Å². The maximum atomic E-state index is 5.59. The third-order valence-electron chi connectivity index (χ3n) is 4.98. The third kappa shape index (κ3) is 3.83. The molecule has 0 saturated heterocycles. The molecule has 5 rings (SSSR count). The molecule has 2 aromatic carbocycles. The number of benzene rings is 2. The van der Waals surface area contributed by atoms with Crippen LogP contribution >= 0.6 is 0 Å². The summed E-state index contributed by atoms with van der Waals surface area (Å²) in [6.45, 7) is 2.60. The average Bonchev–Trinajstić information content (AvgIpc) is 3.40. The Kier molecular flexibility index (Phi) is 4.80. The number of ether oxygens (including phenoxy) is 1. The van der Waals surface area contributed by atoms with Gasteiger partial charge in [0.15, 0.2) is 5.65 Å². The van der Waals surface area contributed by atoms with Crippen molar-refractivity contribution < 1.29 is 4.74 Å². The fraction of sp³-hybridized carbons (Fsp3) is 0.130. The van der Waals surface area contributed by atoms with Gasteiger partial charge in [0.1, 0.15) is 5.75 Å². The van der Waals surface area contributed by atoms with E-state index in [1.807, 2.05) is 58.8 Å².